The molecule has 0 aliphatic rings. The van der Waals surface area contributed by atoms with Gasteiger partial charge in [0.15, 0.2) is 5.82 Å². The molecule has 0 spiro atoms. The molecule has 0 unspecified atom stereocenters. The van der Waals surface area contributed by atoms with Crippen LogP contribution in [0.2, 0.25) is 0 Å². The van der Waals surface area contributed by atoms with Gasteiger partial charge in [-0.2, -0.15) is 4.98 Å². The van der Waals surface area contributed by atoms with E-state index in [2.05, 4.69) is 15.0 Å². The molecule has 0 aliphatic carbocycles. The van der Waals surface area contributed by atoms with Crippen LogP contribution in [0.25, 0.3) is 22.6 Å². The first kappa shape index (κ1) is 13.0. The van der Waals surface area contributed by atoms with Crippen molar-refractivity contribution in [3.05, 3.63) is 64.8 Å². The Morgan fingerprint density at radius 2 is 1.86 bits per heavy atom. The van der Waals surface area contributed by atoms with Crippen LogP contribution in [0.15, 0.2) is 53.5 Å². The number of pyridine rings is 1. The minimum Gasteiger partial charge on any atom is -0.493 e. The van der Waals surface area contributed by atoms with E-state index in [-0.39, 0.29) is 17.0 Å². The van der Waals surface area contributed by atoms with Crippen LogP contribution in [0.1, 0.15) is 0 Å². The molecule has 1 aromatic carbocycles. The summed E-state index contributed by atoms with van der Waals surface area (Å²) in [6, 6.07) is 10.8. The Hall–Kier alpha value is -3.02. The second-order valence-electron chi connectivity index (χ2n) is 4.31. The molecule has 2 heterocycles. The summed E-state index contributed by atoms with van der Waals surface area (Å²) in [5.74, 6) is -1.02. The van der Waals surface area contributed by atoms with Gasteiger partial charge < -0.3 is 10.1 Å². The normalized spacial score (nSPS) is 10.5. The van der Waals surface area contributed by atoms with Gasteiger partial charge in [0.25, 0.3) is 5.56 Å². The lowest BCUT2D eigenvalue weighted by molar-refractivity contribution is 0.453. The van der Waals surface area contributed by atoms with Crippen molar-refractivity contribution in [3.63, 3.8) is 0 Å². The van der Waals surface area contributed by atoms with Gasteiger partial charge in [-0.3, -0.25) is 9.78 Å². The summed E-state index contributed by atoms with van der Waals surface area (Å²) < 4.78 is 13.8. The predicted molar refractivity (Wildman–Crippen MR) is 75.1 cm³/mol. The second-order valence-corrected chi connectivity index (χ2v) is 4.31. The van der Waals surface area contributed by atoms with E-state index in [0.717, 1.165) is 0 Å². The number of aromatic hydroxyl groups is 1. The molecule has 0 fully saturated rings. The highest BCUT2D eigenvalue weighted by molar-refractivity contribution is 5.69. The topological polar surface area (TPSA) is 78.9 Å². The van der Waals surface area contributed by atoms with Crippen molar-refractivity contribution in [2.75, 3.05) is 0 Å². The molecule has 104 valence electrons. The maximum Gasteiger partial charge on any atom is 0.263 e. The number of aromatic amines is 1. The van der Waals surface area contributed by atoms with E-state index >= 15 is 0 Å². The van der Waals surface area contributed by atoms with Crippen LogP contribution < -0.4 is 5.56 Å². The third kappa shape index (κ3) is 2.38. The summed E-state index contributed by atoms with van der Waals surface area (Å²) in [6.07, 6.45) is 1.54. The first-order chi connectivity index (χ1) is 10.2. The standard InChI is InChI=1S/C15H10FN3O2/c16-10-6-2-1-5-9(10)12-14(20)18-13(19-15(12)21)11-7-3-4-8-17-11/h1-8H,(H2,18,19,20,21). The Morgan fingerprint density at radius 1 is 1.10 bits per heavy atom. The summed E-state index contributed by atoms with van der Waals surface area (Å²) in [4.78, 5) is 22.6. The Kier molecular flexibility index (Phi) is 3.19. The van der Waals surface area contributed by atoms with Crippen LogP contribution in [0.4, 0.5) is 4.39 Å². The zero-order valence-electron chi connectivity index (χ0n) is 10.7. The molecule has 3 aromatic rings. The maximum atomic E-state index is 13.8. The summed E-state index contributed by atoms with van der Waals surface area (Å²) in [6.45, 7) is 0. The van der Waals surface area contributed by atoms with Crippen LogP contribution in [-0.2, 0) is 0 Å². The molecule has 2 N–H and O–H groups in total. The summed E-state index contributed by atoms with van der Waals surface area (Å²) in [7, 11) is 0. The van der Waals surface area contributed by atoms with E-state index in [1.165, 1.54) is 24.4 Å². The Morgan fingerprint density at radius 3 is 2.52 bits per heavy atom. The number of hydrogen-bond donors (Lipinski definition) is 2. The number of hydrogen-bond acceptors (Lipinski definition) is 4. The average Bonchev–Trinajstić information content (AvgIpc) is 2.49. The highest BCUT2D eigenvalue weighted by atomic mass is 19.1. The quantitative estimate of drug-likeness (QED) is 0.756. The molecule has 0 aliphatic heterocycles. The number of halogens is 1. The summed E-state index contributed by atoms with van der Waals surface area (Å²) in [5.41, 5.74) is -0.428. The summed E-state index contributed by atoms with van der Waals surface area (Å²) in [5, 5.41) is 9.99. The minimum atomic E-state index is -0.631. The fourth-order valence-corrected chi connectivity index (χ4v) is 1.99. The monoisotopic (exact) mass is 283 g/mol. The Bertz CT molecular complexity index is 847. The first-order valence-corrected chi connectivity index (χ1v) is 6.16. The molecule has 6 heteroatoms. The van der Waals surface area contributed by atoms with Gasteiger partial charge in [-0.25, -0.2) is 4.39 Å². The number of nitrogens with zero attached hydrogens (tertiary/aromatic N) is 2. The van der Waals surface area contributed by atoms with Crippen molar-refractivity contribution >= 4 is 0 Å². The highest BCUT2D eigenvalue weighted by Crippen LogP contribution is 2.26. The fourth-order valence-electron chi connectivity index (χ4n) is 1.99. The summed E-state index contributed by atoms with van der Waals surface area (Å²) >= 11 is 0. The van der Waals surface area contributed by atoms with Crippen molar-refractivity contribution in [2.45, 2.75) is 0 Å². The van der Waals surface area contributed by atoms with Gasteiger partial charge in [0.1, 0.15) is 17.1 Å². The van der Waals surface area contributed by atoms with Crippen molar-refractivity contribution in [3.8, 4) is 28.5 Å². The molecule has 21 heavy (non-hydrogen) atoms. The molecule has 3 rings (SSSR count). The van der Waals surface area contributed by atoms with Gasteiger partial charge in [0.05, 0.1) is 0 Å². The zero-order valence-corrected chi connectivity index (χ0v) is 10.7. The van der Waals surface area contributed by atoms with E-state index in [1.807, 2.05) is 0 Å². The van der Waals surface area contributed by atoms with E-state index in [1.54, 1.807) is 24.3 Å². The maximum absolute atomic E-state index is 13.8. The largest absolute Gasteiger partial charge is 0.493 e. The zero-order chi connectivity index (χ0) is 14.8. The number of rotatable bonds is 2. The van der Waals surface area contributed by atoms with E-state index < -0.39 is 17.3 Å². The van der Waals surface area contributed by atoms with Crippen molar-refractivity contribution in [1.29, 1.82) is 0 Å². The molecule has 5 nitrogen and oxygen atoms in total. The molecule has 0 amide bonds. The number of aromatic nitrogens is 3. The van der Waals surface area contributed by atoms with E-state index in [4.69, 9.17) is 0 Å². The number of benzene rings is 1. The molecule has 0 saturated heterocycles. The Balaban J connectivity index is 2.19. The first-order valence-electron chi connectivity index (χ1n) is 6.16. The number of nitrogens with one attached hydrogen (secondary N) is 1. The van der Waals surface area contributed by atoms with Gasteiger partial charge in [0, 0.05) is 11.8 Å². The Labute approximate surface area is 118 Å². The van der Waals surface area contributed by atoms with Gasteiger partial charge in [0.2, 0.25) is 5.88 Å². The SMILES string of the molecule is O=c1[nH]c(-c2ccccn2)nc(O)c1-c1ccccc1F. The fraction of sp³-hybridized carbons (Fsp3) is 0. The third-order valence-electron chi connectivity index (χ3n) is 2.95. The smallest absolute Gasteiger partial charge is 0.263 e. The van der Waals surface area contributed by atoms with Gasteiger partial charge >= 0.3 is 0 Å². The molecule has 0 saturated carbocycles. The minimum absolute atomic E-state index is 0.00341. The highest BCUT2D eigenvalue weighted by Gasteiger charge is 2.17. The van der Waals surface area contributed by atoms with Crippen LogP contribution in [0.3, 0.4) is 0 Å². The lowest BCUT2D eigenvalue weighted by Gasteiger charge is -2.06. The van der Waals surface area contributed by atoms with Crippen LogP contribution in [0.5, 0.6) is 5.88 Å². The van der Waals surface area contributed by atoms with Crippen molar-refractivity contribution < 1.29 is 9.50 Å². The second kappa shape index (κ2) is 5.16. The van der Waals surface area contributed by atoms with E-state index in [0.29, 0.717) is 5.69 Å². The predicted octanol–water partition coefficient (Wildman–Crippen LogP) is 2.34. The molecule has 0 bridgehead atoms. The average molecular weight is 283 g/mol. The molecular weight excluding hydrogens is 273 g/mol. The van der Waals surface area contributed by atoms with Crippen LogP contribution in [0, 0.1) is 5.82 Å². The van der Waals surface area contributed by atoms with Gasteiger partial charge in [-0.15, -0.1) is 0 Å². The van der Waals surface area contributed by atoms with Crippen molar-refractivity contribution in [2.24, 2.45) is 0 Å². The lowest BCUT2D eigenvalue weighted by atomic mass is 10.1. The van der Waals surface area contributed by atoms with Crippen molar-refractivity contribution in [1.82, 2.24) is 15.0 Å². The molecule has 0 radical (unpaired) electrons. The molecular formula is C15H10FN3O2. The number of H-pyrrole nitrogens is 1. The third-order valence-corrected chi connectivity index (χ3v) is 2.95. The van der Waals surface area contributed by atoms with Crippen LogP contribution in [-0.4, -0.2) is 20.1 Å². The molecule has 0 atom stereocenters. The van der Waals surface area contributed by atoms with Gasteiger partial charge in [-0.05, 0) is 18.2 Å². The van der Waals surface area contributed by atoms with Crippen LogP contribution >= 0.6 is 0 Å². The van der Waals surface area contributed by atoms with E-state index in [9.17, 15) is 14.3 Å². The lowest BCUT2D eigenvalue weighted by Crippen LogP contribution is -2.13. The van der Waals surface area contributed by atoms with Gasteiger partial charge in [-0.1, -0.05) is 24.3 Å². The molecule has 2 aromatic heterocycles.